The molecule has 0 aliphatic rings. The Bertz CT molecular complexity index is 770. The molecule has 9 nitrogen and oxygen atoms in total. The number of rotatable bonds is 8. The third-order valence-corrected chi connectivity index (χ3v) is 3.66. The summed E-state index contributed by atoms with van der Waals surface area (Å²) in [5.41, 5.74) is -0.254. The molecule has 0 saturated carbocycles. The molecule has 0 unspecified atom stereocenters. The van der Waals surface area contributed by atoms with Crippen LogP contribution in [0, 0.1) is 0 Å². The molecule has 154 valence electrons. The van der Waals surface area contributed by atoms with Crippen molar-refractivity contribution in [3.63, 3.8) is 0 Å². The van der Waals surface area contributed by atoms with Gasteiger partial charge < -0.3 is 15.4 Å². The third kappa shape index (κ3) is 7.06. The minimum atomic E-state index is -3.11. The molecule has 0 aliphatic carbocycles. The fraction of sp³-hybridized carbons (Fsp3) is 0.438. The molecular weight excluding hydrogens is 402 g/mol. The molecular formula is C16H19ClF2N4O5. The monoisotopic (exact) mass is 420 g/mol. The Kier molecular flexibility index (Phi) is 8.23. The molecule has 0 aromatic carbocycles. The lowest BCUT2D eigenvalue weighted by molar-refractivity contribution is -0.139. The molecule has 1 heterocycles. The molecule has 3 N–H and O–H groups in total. The van der Waals surface area contributed by atoms with Gasteiger partial charge in [-0.05, 0) is 19.4 Å². The number of nitrogens with one attached hydrogen (secondary N) is 3. The van der Waals surface area contributed by atoms with E-state index in [1.54, 1.807) is 0 Å². The summed E-state index contributed by atoms with van der Waals surface area (Å²) in [7, 11) is 2.28. The van der Waals surface area contributed by atoms with Crippen LogP contribution >= 0.6 is 11.6 Å². The smallest absolute Gasteiger partial charge is 0.412 e. The number of Topliss-reactive ketones (excluding diaryl/α,β-unsaturated/α-hetero) is 1. The summed E-state index contributed by atoms with van der Waals surface area (Å²) in [6.07, 6.45) is -1.02. The van der Waals surface area contributed by atoms with E-state index >= 15 is 0 Å². The number of aromatic nitrogens is 1. The van der Waals surface area contributed by atoms with E-state index in [9.17, 15) is 28.0 Å². The minimum Gasteiger partial charge on any atom is -0.453 e. The molecule has 28 heavy (non-hydrogen) atoms. The van der Waals surface area contributed by atoms with Crippen LogP contribution in [0.1, 0.15) is 30.1 Å². The summed E-state index contributed by atoms with van der Waals surface area (Å²) in [5, 5.41) is 6.50. The van der Waals surface area contributed by atoms with Gasteiger partial charge in [0.1, 0.15) is 5.82 Å². The van der Waals surface area contributed by atoms with Crippen LogP contribution in [0.25, 0.3) is 0 Å². The average Bonchev–Trinajstić information content (AvgIpc) is 2.64. The molecule has 0 fully saturated rings. The Morgan fingerprint density at radius 2 is 1.96 bits per heavy atom. The van der Waals surface area contributed by atoms with E-state index < -0.39 is 48.5 Å². The standard InChI is InChI=1S/C16H19ClF2N4O5/c1-16(18,19)5-4-10(11(24)14(26)20-2)22-13(25)9-6-8(17)7-21-12(9)23-15(27)28-3/h6-7,10H,4-5H2,1-3H3,(H,20,26)(H,22,25)(H,21,23,27)/t10-/m0/s1. The number of alkyl halides is 2. The first-order valence-electron chi connectivity index (χ1n) is 7.93. The van der Waals surface area contributed by atoms with Gasteiger partial charge in [0.25, 0.3) is 11.8 Å². The molecule has 1 aromatic rings. The molecule has 0 saturated heterocycles. The van der Waals surface area contributed by atoms with Gasteiger partial charge >= 0.3 is 6.09 Å². The Morgan fingerprint density at radius 1 is 1.32 bits per heavy atom. The zero-order valence-electron chi connectivity index (χ0n) is 15.3. The van der Waals surface area contributed by atoms with Crippen LogP contribution in [0.15, 0.2) is 12.3 Å². The second-order valence-corrected chi connectivity index (χ2v) is 6.18. The van der Waals surface area contributed by atoms with Gasteiger partial charge in [0.05, 0.1) is 23.7 Å². The summed E-state index contributed by atoms with van der Waals surface area (Å²) in [6.45, 7) is 0.648. The maximum absolute atomic E-state index is 13.2. The minimum absolute atomic E-state index is 0.0369. The molecule has 0 radical (unpaired) electrons. The highest BCUT2D eigenvalue weighted by atomic mass is 35.5. The van der Waals surface area contributed by atoms with Crippen LogP contribution in [0.4, 0.5) is 19.4 Å². The van der Waals surface area contributed by atoms with Gasteiger partial charge in [-0.3, -0.25) is 19.7 Å². The summed E-state index contributed by atoms with van der Waals surface area (Å²) < 4.78 is 30.8. The molecule has 1 rings (SSSR count). The van der Waals surface area contributed by atoms with Crippen LogP contribution in [-0.2, 0) is 14.3 Å². The fourth-order valence-electron chi connectivity index (χ4n) is 2.04. The van der Waals surface area contributed by atoms with Crippen LogP contribution in [0.5, 0.6) is 0 Å². The summed E-state index contributed by atoms with van der Waals surface area (Å²) >= 11 is 5.81. The van der Waals surface area contributed by atoms with E-state index in [1.807, 2.05) is 0 Å². The Morgan fingerprint density at radius 3 is 2.50 bits per heavy atom. The van der Waals surface area contributed by atoms with E-state index in [1.165, 1.54) is 7.05 Å². The maximum atomic E-state index is 13.2. The number of carbonyl (C=O) groups excluding carboxylic acids is 4. The van der Waals surface area contributed by atoms with Gasteiger partial charge in [-0.2, -0.15) is 0 Å². The van der Waals surface area contributed by atoms with E-state index in [0.29, 0.717) is 6.92 Å². The van der Waals surface area contributed by atoms with Crippen molar-refractivity contribution in [2.75, 3.05) is 19.5 Å². The first-order valence-corrected chi connectivity index (χ1v) is 8.31. The number of ether oxygens (including phenoxy) is 1. The van der Waals surface area contributed by atoms with Gasteiger partial charge in [-0.15, -0.1) is 0 Å². The highest BCUT2D eigenvalue weighted by Crippen LogP contribution is 2.21. The highest BCUT2D eigenvalue weighted by Gasteiger charge is 2.31. The van der Waals surface area contributed by atoms with Crippen molar-refractivity contribution in [3.05, 3.63) is 22.8 Å². The molecule has 0 bridgehead atoms. The van der Waals surface area contributed by atoms with E-state index in [-0.39, 0.29) is 16.4 Å². The number of methoxy groups -OCH3 is 1. The Balaban J connectivity index is 3.12. The van der Waals surface area contributed by atoms with Gasteiger partial charge in [-0.1, -0.05) is 11.6 Å². The first-order chi connectivity index (χ1) is 13.0. The van der Waals surface area contributed by atoms with Gasteiger partial charge in [-0.25, -0.2) is 18.6 Å². The van der Waals surface area contributed by atoms with Gasteiger partial charge in [0, 0.05) is 19.7 Å². The third-order valence-electron chi connectivity index (χ3n) is 3.45. The zero-order valence-corrected chi connectivity index (χ0v) is 16.0. The van der Waals surface area contributed by atoms with Crippen LogP contribution in [0.3, 0.4) is 0 Å². The second kappa shape index (κ2) is 9.93. The SMILES string of the molecule is CNC(=O)C(=O)[C@H](CCC(C)(F)F)NC(=O)c1cc(Cl)cnc1NC(=O)OC. The maximum Gasteiger partial charge on any atom is 0.412 e. The molecule has 1 atom stereocenters. The number of hydrogen-bond acceptors (Lipinski definition) is 6. The van der Waals surface area contributed by atoms with Crippen molar-refractivity contribution >= 4 is 41.1 Å². The topological polar surface area (TPSA) is 126 Å². The van der Waals surface area contributed by atoms with E-state index in [4.69, 9.17) is 11.6 Å². The summed E-state index contributed by atoms with van der Waals surface area (Å²) in [5.74, 6) is -6.45. The molecule has 0 spiro atoms. The Labute approximate surface area is 164 Å². The number of ketones is 1. The van der Waals surface area contributed by atoms with E-state index in [0.717, 1.165) is 19.4 Å². The van der Waals surface area contributed by atoms with Crippen LogP contribution in [-0.4, -0.2) is 54.8 Å². The fourth-order valence-corrected chi connectivity index (χ4v) is 2.20. The number of pyridine rings is 1. The number of hydrogen-bond donors (Lipinski definition) is 3. The van der Waals surface area contributed by atoms with Crippen molar-refractivity contribution in [2.45, 2.75) is 31.7 Å². The predicted octanol–water partition coefficient (Wildman–Crippen LogP) is 1.76. The molecule has 3 amide bonds. The number of likely N-dealkylation sites (N-methyl/N-ethyl adjacent to an activating group) is 1. The molecule has 1 aromatic heterocycles. The summed E-state index contributed by atoms with van der Waals surface area (Å²) in [4.78, 5) is 51.5. The number of carbonyl (C=O) groups is 4. The normalized spacial score (nSPS) is 11.9. The van der Waals surface area contributed by atoms with E-state index in [2.05, 4.69) is 25.7 Å². The molecule has 12 heteroatoms. The molecule has 0 aliphatic heterocycles. The zero-order chi connectivity index (χ0) is 21.5. The van der Waals surface area contributed by atoms with Crippen molar-refractivity contribution < 1.29 is 32.7 Å². The lowest BCUT2D eigenvalue weighted by atomic mass is 10.0. The number of anilines is 1. The quantitative estimate of drug-likeness (QED) is 0.550. The predicted molar refractivity (Wildman–Crippen MR) is 95.5 cm³/mol. The lowest BCUT2D eigenvalue weighted by Crippen LogP contribution is -2.47. The largest absolute Gasteiger partial charge is 0.453 e. The van der Waals surface area contributed by atoms with Crippen molar-refractivity contribution in [1.82, 2.24) is 15.6 Å². The van der Waals surface area contributed by atoms with Crippen molar-refractivity contribution in [3.8, 4) is 0 Å². The summed E-state index contributed by atoms with van der Waals surface area (Å²) in [6, 6.07) is -0.381. The van der Waals surface area contributed by atoms with Crippen LogP contribution in [0.2, 0.25) is 5.02 Å². The highest BCUT2D eigenvalue weighted by molar-refractivity contribution is 6.38. The van der Waals surface area contributed by atoms with Gasteiger partial charge in [0.15, 0.2) is 0 Å². The number of nitrogens with zero attached hydrogens (tertiary/aromatic N) is 1. The second-order valence-electron chi connectivity index (χ2n) is 5.74. The van der Waals surface area contributed by atoms with Crippen molar-refractivity contribution in [1.29, 1.82) is 0 Å². The van der Waals surface area contributed by atoms with Gasteiger partial charge in [0.2, 0.25) is 11.7 Å². The Hall–Kier alpha value is -2.82. The first kappa shape index (κ1) is 23.2. The number of amides is 3. The van der Waals surface area contributed by atoms with Crippen LogP contribution < -0.4 is 16.0 Å². The van der Waals surface area contributed by atoms with Crippen molar-refractivity contribution in [2.24, 2.45) is 0 Å². The lowest BCUT2D eigenvalue weighted by Gasteiger charge is -2.19. The number of halogens is 3. The average molecular weight is 421 g/mol.